The maximum absolute atomic E-state index is 12.2. The zero-order chi connectivity index (χ0) is 15.0. The van der Waals surface area contributed by atoms with Gasteiger partial charge in [-0.1, -0.05) is 18.5 Å². The largest absolute Gasteiger partial charge is 0.478 e. The molecule has 0 amide bonds. The molecule has 1 fully saturated rings. The number of hydrogen-bond donors (Lipinski definition) is 2. The third kappa shape index (κ3) is 3.12. The van der Waals surface area contributed by atoms with E-state index in [0.717, 1.165) is 6.07 Å². The van der Waals surface area contributed by atoms with Gasteiger partial charge in [0.15, 0.2) is 0 Å². The van der Waals surface area contributed by atoms with Crippen LogP contribution in [0.3, 0.4) is 0 Å². The number of ether oxygens (including phenoxy) is 1. The molecule has 20 heavy (non-hydrogen) atoms. The monoisotopic (exact) mass is 319 g/mol. The second-order valence-corrected chi connectivity index (χ2v) is 7.22. The Morgan fingerprint density at radius 1 is 1.50 bits per heavy atom. The van der Waals surface area contributed by atoms with E-state index in [9.17, 15) is 13.2 Å². The molecule has 0 unspecified atom stereocenters. The third-order valence-electron chi connectivity index (χ3n) is 3.06. The number of carboxylic acids is 1. The van der Waals surface area contributed by atoms with Gasteiger partial charge in [-0.15, -0.1) is 0 Å². The van der Waals surface area contributed by atoms with E-state index in [1.165, 1.54) is 12.1 Å². The van der Waals surface area contributed by atoms with E-state index in [0.29, 0.717) is 13.2 Å². The van der Waals surface area contributed by atoms with Gasteiger partial charge in [0.05, 0.1) is 23.8 Å². The SMILES string of the molecule is CC1(CNS(=O)(=O)c2cc(C(=O)O)ccc2Cl)COC1. The van der Waals surface area contributed by atoms with Gasteiger partial charge in [-0.2, -0.15) is 0 Å². The number of carbonyl (C=O) groups is 1. The summed E-state index contributed by atoms with van der Waals surface area (Å²) in [5, 5.41) is 8.88. The van der Waals surface area contributed by atoms with Gasteiger partial charge in [0.25, 0.3) is 0 Å². The minimum absolute atomic E-state index is 0.0162. The molecule has 0 atom stereocenters. The smallest absolute Gasteiger partial charge is 0.335 e. The molecule has 1 aromatic carbocycles. The van der Waals surface area contributed by atoms with Crippen LogP contribution in [0.5, 0.6) is 0 Å². The molecule has 1 saturated heterocycles. The van der Waals surface area contributed by atoms with Crippen molar-refractivity contribution in [3.63, 3.8) is 0 Å². The number of benzene rings is 1. The number of carboxylic acid groups (broad SMARTS) is 1. The van der Waals surface area contributed by atoms with Crippen molar-refractivity contribution in [3.8, 4) is 0 Å². The highest BCUT2D eigenvalue weighted by Gasteiger charge is 2.35. The van der Waals surface area contributed by atoms with Crippen LogP contribution in [0.2, 0.25) is 5.02 Å². The summed E-state index contributed by atoms with van der Waals surface area (Å²) < 4.78 is 31.9. The first kappa shape index (κ1) is 15.2. The molecule has 1 aromatic rings. The lowest BCUT2D eigenvalue weighted by Gasteiger charge is -2.37. The number of hydrogen-bond acceptors (Lipinski definition) is 4. The highest BCUT2D eigenvalue weighted by atomic mass is 35.5. The second-order valence-electron chi connectivity index (χ2n) is 5.08. The van der Waals surface area contributed by atoms with E-state index < -0.39 is 16.0 Å². The summed E-state index contributed by atoms with van der Waals surface area (Å²) in [6, 6.07) is 3.56. The summed E-state index contributed by atoms with van der Waals surface area (Å²) >= 11 is 5.85. The molecule has 1 aliphatic heterocycles. The molecule has 0 aromatic heterocycles. The van der Waals surface area contributed by atoms with Gasteiger partial charge in [0, 0.05) is 12.0 Å². The van der Waals surface area contributed by atoms with Gasteiger partial charge < -0.3 is 9.84 Å². The Labute approximate surface area is 121 Å². The van der Waals surface area contributed by atoms with E-state index in [1.54, 1.807) is 0 Å². The fraction of sp³-hybridized carbons (Fsp3) is 0.417. The number of nitrogens with one attached hydrogen (secondary N) is 1. The van der Waals surface area contributed by atoms with Crippen molar-refractivity contribution in [1.82, 2.24) is 4.72 Å². The van der Waals surface area contributed by atoms with Gasteiger partial charge >= 0.3 is 5.97 Å². The molecule has 0 spiro atoms. The van der Waals surface area contributed by atoms with Crippen molar-refractivity contribution < 1.29 is 23.1 Å². The topological polar surface area (TPSA) is 92.7 Å². The number of aromatic carboxylic acids is 1. The first-order valence-corrected chi connectivity index (χ1v) is 7.70. The Hall–Kier alpha value is -1.15. The highest BCUT2D eigenvalue weighted by molar-refractivity contribution is 7.89. The third-order valence-corrected chi connectivity index (χ3v) is 4.94. The van der Waals surface area contributed by atoms with Crippen LogP contribution in [0.4, 0.5) is 0 Å². The van der Waals surface area contributed by atoms with E-state index in [-0.39, 0.29) is 27.4 Å². The summed E-state index contributed by atoms with van der Waals surface area (Å²) in [5.74, 6) is -1.21. The summed E-state index contributed by atoms with van der Waals surface area (Å²) in [6.45, 7) is 3.08. The fourth-order valence-electron chi connectivity index (χ4n) is 1.74. The first-order chi connectivity index (χ1) is 9.23. The molecule has 0 bridgehead atoms. The van der Waals surface area contributed by atoms with Crippen LogP contribution in [0, 0.1) is 5.41 Å². The van der Waals surface area contributed by atoms with Crippen molar-refractivity contribution in [1.29, 1.82) is 0 Å². The predicted molar refractivity (Wildman–Crippen MR) is 72.5 cm³/mol. The molecule has 0 radical (unpaired) electrons. The van der Waals surface area contributed by atoms with Crippen molar-refractivity contribution >= 4 is 27.6 Å². The van der Waals surface area contributed by atoms with Crippen molar-refractivity contribution in [2.45, 2.75) is 11.8 Å². The summed E-state index contributed by atoms with van der Waals surface area (Å²) in [4.78, 5) is 10.7. The van der Waals surface area contributed by atoms with Gasteiger partial charge in [-0.25, -0.2) is 17.9 Å². The van der Waals surface area contributed by atoms with E-state index in [1.807, 2.05) is 6.92 Å². The normalized spacial score (nSPS) is 17.5. The first-order valence-electron chi connectivity index (χ1n) is 5.84. The molecular formula is C12H14ClNO5S. The van der Waals surface area contributed by atoms with Crippen LogP contribution < -0.4 is 4.72 Å². The van der Waals surface area contributed by atoms with E-state index >= 15 is 0 Å². The fourth-order valence-corrected chi connectivity index (χ4v) is 3.47. The van der Waals surface area contributed by atoms with Gasteiger partial charge in [0.1, 0.15) is 4.90 Å². The van der Waals surface area contributed by atoms with E-state index in [2.05, 4.69) is 4.72 Å². The standard InChI is InChI=1S/C12H14ClNO5S/c1-12(6-19-7-12)5-14-20(17,18)10-4-8(11(15)16)2-3-9(10)13/h2-4,14H,5-7H2,1H3,(H,15,16). The molecule has 1 heterocycles. The maximum atomic E-state index is 12.2. The molecule has 1 aliphatic rings. The lowest BCUT2D eigenvalue weighted by Crippen LogP contribution is -2.48. The van der Waals surface area contributed by atoms with Crippen LogP contribution >= 0.6 is 11.6 Å². The zero-order valence-corrected chi connectivity index (χ0v) is 12.3. The number of halogens is 1. The van der Waals surface area contributed by atoms with Crippen molar-refractivity contribution in [3.05, 3.63) is 28.8 Å². The minimum Gasteiger partial charge on any atom is -0.478 e. The zero-order valence-electron chi connectivity index (χ0n) is 10.7. The Balaban J connectivity index is 2.24. The number of rotatable bonds is 5. The predicted octanol–water partition coefficient (Wildman–Crippen LogP) is 1.35. The average molecular weight is 320 g/mol. The molecule has 0 aliphatic carbocycles. The van der Waals surface area contributed by atoms with Gasteiger partial charge in [-0.3, -0.25) is 0 Å². The Bertz CT molecular complexity index is 639. The Kier molecular flexibility index (Phi) is 4.06. The minimum atomic E-state index is -3.86. The summed E-state index contributed by atoms with van der Waals surface area (Å²) in [6.07, 6.45) is 0. The quantitative estimate of drug-likeness (QED) is 0.854. The number of sulfonamides is 1. The summed E-state index contributed by atoms with van der Waals surface area (Å²) in [5.41, 5.74) is -0.364. The molecule has 0 saturated carbocycles. The molecule has 110 valence electrons. The van der Waals surface area contributed by atoms with Crippen LogP contribution in [-0.4, -0.2) is 39.3 Å². The molecule has 2 N–H and O–H groups in total. The molecular weight excluding hydrogens is 306 g/mol. The maximum Gasteiger partial charge on any atom is 0.335 e. The van der Waals surface area contributed by atoms with Crippen molar-refractivity contribution in [2.24, 2.45) is 5.41 Å². The Morgan fingerprint density at radius 2 is 2.15 bits per heavy atom. The summed E-state index contributed by atoms with van der Waals surface area (Å²) in [7, 11) is -3.86. The Morgan fingerprint density at radius 3 is 2.65 bits per heavy atom. The van der Waals surface area contributed by atoms with Gasteiger partial charge in [-0.05, 0) is 18.2 Å². The van der Waals surface area contributed by atoms with Crippen LogP contribution in [0.25, 0.3) is 0 Å². The lowest BCUT2D eigenvalue weighted by atomic mass is 9.89. The average Bonchev–Trinajstić information content (AvgIpc) is 2.34. The lowest BCUT2D eigenvalue weighted by molar-refractivity contribution is -0.0965. The van der Waals surface area contributed by atoms with E-state index in [4.69, 9.17) is 21.4 Å². The van der Waals surface area contributed by atoms with Crippen molar-refractivity contribution in [2.75, 3.05) is 19.8 Å². The van der Waals surface area contributed by atoms with Crippen LogP contribution in [0.15, 0.2) is 23.1 Å². The second kappa shape index (κ2) is 5.33. The van der Waals surface area contributed by atoms with Gasteiger partial charge in [0.2, 0.25) is 10.0 Å². The van der Waals surface area contributed by atoms with Crippen LogP contribution in [-0.2, 0) is 14.8 Å². The highest BCUT2D eigenvalue weighted by Crippen LogP contribution is 2.27. The molecule has 8 heteroatoms. The molecule has 6 nitrogen and oxygen atoms in total. The van der Waals surface area contributed by atoms with Crippen LogP contribution in [0.1, 0.15) is 17.3 Å². The molecule has 2 rings (SSSR count).